The first-order valence-electron chi connectivity index (χ1n) is 9.19. The lowest BCUT2D eigenvalue weighted by Crippen LogP contribution is -2.10. The van der Waals surface area contributed by atoms with E-state index in [1.54, 1.807) is 19.5 Å². The van der Waals surface area contributed by atoms with Gasteiger partial charge in [0.1, 0.15) is 0 Å². The van der Waals surface area contributed by atoms with E-state index >= 15 is 0 Å². The third-order valence-electron chi connectivity index (χ3n) is 3.21. The fourth-order valence-corrected chi connectivity index (χ4v) is 13.6. The second-order valence-electron chi connectivity index (χ2n) is 9.42. The highest BCUT2D eigenvalue weighted by Crippen LogP contribution is 2.68. The summed E-state index contributed by atoms with van der Waals surface area (Å²) in [5.74, 6) is 1.18. The molecule has 6 heteroatoms. The van der Waals surface area contributed by atoms with Gasteiger partial charge in [0, 0.05) is 25.4 Å². The van der Waals surface area contributed by atoms with E-state index in [2.05, 4.69) is 139 Å². The fourth-order valence-electron chi connectivity index (χ4n) is 2.50. The monoisotopic (exact) mass is 466 g/mol. The van der Waals surface area contributed by atoms with Crippen molar-refractivity contribution in [2.45, 2.75) is 101 Å². The zero-order chi connectivity index (χ0) is 19.9. The molecule has 0 N–H and O–H groups in total. The highest BCUT2D eigenvalue weighted by Gasteiger charge is 2.41. The molecule has 0 amide bonds. The highest BCUT2D eigenvalue weighted by molar-refractivity contribution is 8.24. The molecule has 1 aromatic rings. The summed E-state index contributed by atoms with van der Waals surface area (Å²) in [5, 5.41) is 0. The Balaban J connectivity index is 2.54. The first-order valence-corrected chi connectivity index (χ1v) is 14.5. The Kier molecular flexibility index (Phi) is 7.91. The van der Waals surface area contributed by atoms with Crippen LogP contribution in [0.4, 0.5) is 0 Å². The molecule has 0 saturated carbocycles. The summed E-state index contributed by atoms with van der Waals surface area (Å²) in [6.45, 7) is 23.4. The van der Waals surface area contributed by atoms with Crippen LogP contribution in [0.25, 0.3) is 0 Å². The standard InChI is InChI=1S/C20H34S6/c1-11-21-14-12-13(16(22-14)25-19(5,6)7)17(26-20(8,9)10)23-15(12)24-18(2,3)4/h14,16H,11H2,1-10H3. The third-order valence-corrected chi connectivity index (χ3v) is 11.4. The quantitative estimate of drug-likeness (QED) is 0.395. The number of thiophene rings is 1. The van der Waals surface area contributed by atoms with Crippen LogP contribution in [0.3, 0.4) is 0 Å². The van der Waals surface area contributed by atoms with Gasteiger partial charge in [0.05, 0.1) is 17.6 Å². The van der Waals surface area contributed by atoms with Crippen LogP contribution in [0.1, 0.15) is 89.5 Å². The van der Waals surface area contributed by atoms with Gasteiger partial charge in [-0.25, -0.2) is 0 Å². The molecule has 0 bridgehead atoms. The molecule has 0 aliphatic carbocycles. The van der Waals surface area contributed by atoms with Gasteiger partial charge in [-0.2, -0.15) is 0 Å². The minimum Gasteiger partial charge on any atom is -0.143 e. The predicted octanol–water partition coefficient (Wildman–Crippen LogP) is 9.56. The van der Waals surface area contributed by atoms with Gasteiger partial charge >= 0.3 is 0 Å². The molecule has 1 aliphatic heterocycles. The molecule has 0 aromatic carbocycles. The molecule has 2 rings (SSSR count). The molecule has 0 fully saturated rings. The Morgan fingerprint density at radius 2 is 1.19 bits per heavy atom. The molecule has 150 valence electrons. The smallest absolute Gasteiger partial charge is 0.0794 e. The number of hydrogen-bond acceptors (Lipinski definition) is 6. The Morgan fingerprint density at radius 1 is 0.731 bits per heavy atom. The van der Waals surface area contributed by atoms with Crippen molar-refractivity contribution in [1.29, 1.82) is 0 Å². The number of fused-ring (bicyclic) bond motifs is 1. The summed E-state index contributed by atoms with van der Waals surface area (Å²) in [7, 11) is 0. The normalized spacial score (nSPS) is 21.3. The molecule has 2 atom stereocenters. The van der Waals surface area contributed by atoms with Gasteiger partial charge in [-0.1, -0.05) is 69.2 Å². The number of thioether (sulfide) groups is 5. The lowest BCUT2D eigenvalue weighted by Gasteiger charge is -2.24. The summed E-state index contributed by atoms with van der Waals surface area (Å²) in [5.41, 5.74) is 3.30. The van der Waals surface area contributed by atoms with Crippen LogP contribution < -0.4 is 0 Å². The van der Waals surface area contributed by atoms with Crippen molar-refractivity contribution in [1.82, 2.24) is 0 Å². The van der Waals surface area contributed by atoms with E-state index in [1.807, 2.05) is 0 Å². The van der Waals surface area contributed by atoms with Crippen LogP contribution in [0, 0.1) is 0 Å². The van der Waals surface area contributed by atoms with Crippen molar-refractivity contribution in [2.75, 3.05) is 5.75 Å². The van der Waals surface area contributed by atoms with E-state index in [4.69, 9.17) is 0 Å². The number of hydrogen-bond donors (Lipinski definition) is 0. The molecule has 0 radical (unpaired) electrons. The van der Waals surface area contributed by atoms with Gasteiger partial charge in [0.15, 0.2) is 0 Å². The SMILES string of the molecule is CCSC1SC(SC(C)(C)C)c2c(SC(C)(C)C)sc(SC(C)(C)C)c21. The second kappa shape index (κ2) is 8.67. The first-order chi connectivity index (χ1) is 11.7. The largest absolute Gasteiger partial charge is 0.143 e. The van der Waals surface area contributed by atoms with Gasteiger partial charge in [0.25, 0.3) is 0 Å². The maximum atomic E-state index is 2.35. The fraction of sp³-hybridized carbons (Fsp3) is 0.800. The first kappa shape index (κ1) is 23.7. The molecule has 0 nitrogen and oxygen atoms in total. The zero-order valence-electron chi connectivity index (χ0n) is 17.8. The van der Waals surface area contributed by atoms with Crippen molar-refractivity contribution in [3.8, 4) is 0 Å². The minimum atomic E-state index is 0.250. The summed E-state index contributed by atoms with van der Waals surface area (Å²) in [6.07, 6.45) is 0. The van der Waals surface area contributed by atoms with E-state index in [0.29, 0.717) is 9.16 Å². The summed E-state index contributed by atoms with van der Waals surface area (Å²) in [6, 6.07) is 0. The lowest BCUT2D eigenvalue weighted by molar-refractivity contribution is 0.800. The average molecular weight is 467 g/mol. The van der Waals surface area contributed by atoms with Crippen LogP contribution >= 0.6 is 70.1 Å². The summed E-state index contributed by atoms with van der Waals surface area (Å²) in [4.78, 5) is 0. The van der Waals surface area contributed by atoms with Crippen LogP contribution in [0.2, 0.25) is 0 Å². The molecule has 2 heterocycles. The van der Waals surface area contributed by atoms with Crippen LogP contribution in [0.15, 0.2) is 8.42 Å². The van der Waals surface area contributed by atoms with Crippen molar-refractivity contribution < 1.29 is 0 Å². The van der Waals surface area contributed by atoms with Gasteiger partial charge in [-0.3, -0.25) is 0 Å². The Hall–Kier alpha value is 1.45. The van der Waals surface area contributed by atoms with E-state index in [9.17, 15) is 0 Å². The lowest BCUT2D eigenvalue weighted by atomic mass is 10.2. The predicted molar refractivity (Wildman–Crippen MR) is 134 cm³/mol. The van der Waals surface area contributed by atoms with Gasteiger partial charge in [0.2, 0.25) is 0 Å². The van der Waals surface area contributed by atoms with Crippen LogP contribution in [-0.4, -0.2) is 20.0 Å². The van der Waals surface area contributed by atoms with Gasteiger partial charge in [-0.15, -0.1) is 70.1 Å². The van der Waals surface area contributed by atoms with Crippen molar-refractivity contribution in [2.24, 2.45) is 0 Å². The Labute approximate surface area is 187 Å². The van der Waals surface area contributed by atoms with Crippen molar-refractivity contribution >= 4 is 70.1 Å². The molecule has 1 aliphatic rings. The molecule has 0 saturated heterocycles. The van der Waals surface area contributed by atoms with Crippen LogP contribution in [-0.2, 0) is 0 Å². The van der Waals surface area contributed by atoms with E-state index in [1.165, 1.54) is 5.75 Å². The molecule has 2 unspecified atom stereocenters. The summed E-state index contributed by atoms with van der Waals surface area (Å²) >= 11 is 12.6. The Bertz CT molecular complexity index is 612. The molecule has 1 aromatic heterocycles. The highest BCUT2D eigenvalue weighted by atomic mass is 32.2. The molecule has 26 heavy (non-hydrogen) atoms. The topological polar surface area (TPSA) is 0 Å². The molecular weight excluding hydrogens is 433 g/mol. The van der Waals surface area contributed by atoms with E-state index in [0.717, 1.165) is 0 Å². The van der Waals surface area contributed by atoms with Crippen LogP contribution in [0.5, 0.6) is 0 Å². The molecule has 0 spiro atoms. The van der Waals surface area contributed by atoms with Gasteiger partial charge < -0.3 is 0 Å². The van der Waals surface area contributed by atoms with Crippen molar-refractivity contribution in [3.05, 3.63) is 11.1 Å². The maximum absolute atomic E-state index is 2.35. The van der Waals surface area contributed by atoms with Crippen molar-refractivity contribution in [3.63, 3.8) is 0 Å². The van der Waals surface area contributed by atoms with E-state index in [-0.39, 0.29) is 14.2 Å². The maximum Gasteiger partial charge on any atom is 0.0794 e. The molecular formula is C20H34S6. The summed E-state index contributed by atoms with van der Waals surface area (Å²) < 4.78 is 5.06. The zero-order valence-corrected chi connectivity index (χ0v) is 22.7. The average Bonchev–Trinajstić information content (AvgIpc) is 2.86. The Morgan fingerprint density at radius 3 is 1.58 bits per heavy atom. The van der Waals surface area contributed by atoms with Gasteiger partial charge in [-0.05, 0) is 5.75 Å². The second-order valence-corrected chi connectivity index (χ2v) is 19.8. The third kappa shape index (κ3) is 6.76. The van der Waals surface area contributed by atoms with E-state index < -0.39 is 0 Å². The number of rotatable bonds is 5. The minimum absolute atomic E-state index is 0.250.